The summed E-state index contributed by atoms with van der Waals surface area (Å²) < 4.78 is 22.2. The molecule has 0 rings (SSSR count). The molecule has 11 heavy (non-hydrogen) atoms. The van der Waals surface area contributed by atoms with E-state index in [0.29, 0.717) is 11.8 Å². The molecule has 2 unspecified atom stereocenters. The maximum atomic E-state index is 7.39. The van der Waals surface area contributed by atoms with Gasteiger partial charge >= 0.3 is 0 Å². The van der Waals surface area contributed by atoms with E-state index in [2.05, 4.69) is 27.7 Å². The fraction of sp³-hybridized carbons (Fsp3) is 1.00. The second kappa shape index (κ2) is 4.76. The number of nitrogens with zero attached hydrogens (tertiary/aromatic N) is 1. The quantitative estimate of drug-likeness (QED) is 0.573. The van der Waals surface area contributed by atoms with Gasteiger partial charge in [-0.25, -0.2) is 0 Å². The summed E-state index contributed by atoms with van der Waals surface area (Å²) in [5, 5.41) is 0. The van der Waals surface area contributed by atoms with Crippen LogP contribution in [0.1, 0.15) is 38.2 Å². The molecule has 0 fully saturated rings. The highest BCUT2D eigenvalue weighted by molar-refractivity contribution is 4.74. The van der Waals surface area contributed by atoms with Crippen molar-refractivity contribution in [2.45, 2.75) is 40.2 Å². The van der Waals surface area contributed by atoms with E-state index >= 15 is 0 Å². The van der Waals surface area contributed by atoms with Gasteiger partial charge in [0, 0.05) is 10.2 Å². The normalized spacial score (nSPS) is 22.6. The van der Waals surface area contributed by atoms with Crippen molar-refractivity contribution >= 4 is 0 Å². The Balaban J connectivity index is 4.66. The van der Waals surface area contributed by atoms with Gasteiger partial charge in [-0.3, -0.25) is 0 Å². The lowest BCUT2D eigenvalue weighted by Crippen LogP contribution is -2.38. The fourth-order valence-corrected chi connectivity index (χ4v) is 1.73. The molecule has 0 aliphatic carbocycles. The summed E-state index contributed by atoms with van der Waals surface area (Å²) in [5.41, 5.74) is 0. The Labute approximate surface area is 76.0 Å². The lowest BCUT2D eigenvalue weighted by Gasteiger charge is -2.32. The van der Waals surface area contributed by atoms with Crippen molar-refractivity contribution in [2.24, 2.45) is 11.8 Å². The van der Waals surface area contributed by atoms with E-state index in [4.69, 9.17) is 4.11 Å². The minimum atomic E-state index is -1.97. The first kappa shape index (κ1) is 6.47. The Kier molecular flexibility index (Phi) is 2.80. The van der Waals surface area contributed by atoms with Crippen LogP contribution < -0.4 is 0 Å². The van der Waals surface area contributed by atoms with Gasteiger partial charge in [-0.2, -0.15) is 0 Å². The molecule has 1 heteroatoms. The largest absolute Gasteiger partial charge is 0.306 e. The average Bonchev–Trinajstić information content (AvgIpc) is 2.01. The van der Waals surface area contributed by atoms with E-state index in [1.54, 1.807) is 7.05 Å². The second-order valence-corrected chi connectivity index (χ2v) is 3.73. The van der Waals surface area contributed by atoms with Crippen molar-refractivity contribution in [1.82, 2.24) is 4.90 Å². The van der Waals surface area contributed by atoms with E-state index in [1.165, 1.54) is 4.90 Å². The molecule has 0 spiro atoms. The Bertz CT molecular complexity index is 165. The minimum Gasteiger partial charge on any atom is -0.306 e. The smallest absolute Gasteiger partial charge is 0.0394 e. The van der Waals surface area contributed by atoms with E-state index in [0.717, 1.165) is 6.42 Å². The van der Waals surface area contributed by atoms with Gasteiger partial charge in [0.25, 0.3) is 0 Å². The maximum Gasteiger partial charge on any atom is 0.0394 e. The summed E-state index contributed by atoms with van der Waals surface area (Å²) in [6, 6.07) is 0.132. The number of rotatable bonds is 4. The molecule has 2 atom stereocenters. The molecule has 0 saturated carbocycles. The molecule has 0 aromatic carbocycles. The third-order valence-electron chi connectivity index (χ3n) is 2.36. The zero-order valence-electron chi connectivity index (χ0n) is 11.4. The predicted molar refractivity (Wildman–Crippen MR) is 51.8 cm³/mol. The van der Waals surface area contributed by atoms with Gasteiger partial charge in [0.05, 0.1) is 0 Å². The predicted octanol–water partition coefficient (Wildman–Crippen LogP) is 2.62. The molecule has 0 aliphatic heterocycles. The van der Waals surface area contributed by atoms with Gasteiger partial charge in [-0.1, -0.05) is 34.1 Å². The monoisotopic (exact) mass is 161 g/mol. The fourth-order valence-electron chi connectivity index (χ4n) is 1.73. The molecule has 0 aromatic heterocycles. The zero-order chi connectivity index (χ0) is 11.5. The van der Waals surface area contributed by atoms with Gasteiger partial charge in [0.1, 0.15) is 0 Å². The first-order valence-electron chi connectivity index (χ1n) is 5.94. The van der Waals surface area contributed by atoms with Crippen molar-refractivity contribution in [3.8, 4) is 0 Å². The third-order valence-corrected chi connectivity index (χ3v) is 2.36. The molecule has 0 N–H and O–H groups in total. The van der Waals surface area contributed by atoms with Crippen molar-refractivity contribution in [3.05, 3.63) is 0 Å². The lowest BCUT2D eigenvalue weighted by atomic mass is 9.91. The van der Waals surface area contributed by atoms with Crippen LogP contribution in [0.3, 0.4) is 0 Å². The van der Waals surface area contributed by atoms with Crippen LogP contribution >= 0.6 is 0 Å². The average molecular weight is 161 g/mol. The summed E-state index contributed by atoms with van der Waals surface area (Å²) in [5.74, 6) is 0.788. The van der Waals surface area contributed by atoms with Gasteiger partial charge in [0.15, 0.2) is 0 Å². The molecule has 0 heterocycles. The molecular weight excluding hydrogens is 135 g/mol. The first-order chi connectivity index (χ1) is 6.21. The maximum absolute atomic E-state index is 7.39. The van der Waals surface area contributed by atoms with Crippen LogP contribution in [0, 0.1) is 11.8 Å². The highest BCUT2D eigenvalue weighted by Crippen LogP contribution is 2.19. The van der Waals surface area contributed by atoms with Crippen molar-refractivity contribution in [3.63, 3.8) is 0 Å². The van der Waals surface area contributed by atoms with Gasteiger partial charge in [-0.05, 0) is 25.9 Å². The topological polar surface area (TPSA) is 3.24 Å². The standard InChI is InChI=1S/C10H23N/c1-7-9(4)10(8(2)3)11(5)6/h8-10H,7H2,1-6H3/i5D3,11+1. The van der Waals surface area contributed by atoms with E-state index in [-0.39, 0.29) is 6.04 Å². The molecule has 0 amide bonds. The van der Waals surface area contributed by atoms with E-state index < -0.39 is 6.98 Å². The van der Waals surface area contributed by atoms with Crippen LogP contribution in [-0.2, 0) is 0 Å². The highest BCUT2D eigenvalue weighted by Gasteiger charge is 2.20. The van der Waals surface area contributed by atoms with Crippen LogP contribution in [0.4, 0.5) is 0 Å². The SMILES string of the molecule is [2H]C([2H])([2H])[15N](C)C(C(C)C)C(C)CC. The summed E-state index contributed by atoms with van der Waals surface area (Å²) in [4.78, 5) is 1.53. The Morgan fingerprint density at radius 3 is 2.18 bits per heavy atom. The number of hydrogen-bond donors (Lipinski definition) is 0. The molecule has 0 radical (unpaired) electrons. The van der Waals surface area contributed by atoms with Gasteiger partial charge < -0.3 is 4.90 Å². The lowest BCUT2D eigenvalue weighted by molar-refractivity contribution is 0.164. The van der Waals surface area contributed by atoms with E-state index in [1.807, 2.05) is 0 Å². The Hall–Kier alpha value is -0.0400. The molecule has 68 valence electrons. The van der Waals surface area contributed by atoms with Gasteiger partial charge in [-0.15, -0.1) is 0 Å². The highest BCUT2D eigenvalue weighted by atomic mass is 15.8. The molecule has 1 nitrogen and oxygen atoms in total. The Morgan fingerprint density at radius 2 is 1.91 bits per heavy atom. The molecule has 0 bridgehead atoms. The van der Waals surface area contributed by atoms with Gasteiger partial charge in [0.2, 0.25) is 0 Å². The summed E-state index contributed by atoms with van der Waals surface area (Å²) in [7, 11) is 1.70. The number of hydrogen-bond acceptors (Lipinski definition) is 1. The van der Waals surface area contributed by atoms with Crippen LogP contribution in [0.5, 0.6) is 0 Å². The molecule has 0 aromatic rings. The zero-order valence-corrected chi connectivity index (χ0v) is 8.39. The summed E-state index contributed by atoms with van der Waals surface area (Å²) in [6.45, 7) is 6.41. The third kappa shape index (κ3) is 3.24. The van der Waals surface area contributed by atoms with Crippen LogP contribution in [-0.4, -0.2) is 25.0 Å². The molecule has 0 saturated heterocycles. The van der Waals surface area contributed by atoms with Crippen molar-refractivity contribution < 1.29 is 4.11 Å². The summed E-state index contributed by atoms with van der Waals surface area (Å²) in [6.07, 6.45) is 1.02. The van der Waals surface area contributed by atoms with Crippen LogP contribution in [0.15, 0.2) is 0 Å². The summed E-state index contributed by atoms with van der Waals surface area (Å²) >= 11 is 0. The Morgan fingerprint density at radius 1 is 1.36 bits per heavy atom. The van der Waals surface area contributed by atoms with Crippen LogP contribution in [0.2, 0.25) is 0 Å². The minimum absolute atomic E-state index is 0.132. The second-order valence-electron chi connectivity index (χ2n) is 3.73. The van der Waals surface area contributed by atoms with E-state index in [9.17, 15) is 0 Å². The van der Waals surface area contributed by atoms with Crippen LogP contribution in [0.25, 0.3) is 0 Å². The van der Waals surface area contributed by atoms with Crippen molar-refractivity contribution in [1.29, 1.82) is 0 Å². The molecular formula is C10H23N. The van der Waals surface area contributed by atoms with Crippen molar-refractivity contribution in [2.75, 3.05) is 14.0 Å². The molecule has 0 aliphatic rings. The first-order valence-corrected chi connectivity index (χ1v) is 4.44.